The Morgan fingerprint density at radius 1 is 1.06 bits per heavy atom. The van der Waals surface area contributed by atoms with E-state index in [-0.39, 0.29) is 23.1 Å². The molecule has 10 heteroatoms. The first-order chi connectivity index (χ1) is 15.0. The number of carbonyl (C=O) groups is 2. The van der Waals surface area contributed by atoms with Crippen LogP contribution in [0.3, 0.4) is 0 Å². The van der Waals surface area contributed by atoms with Gasteiger partial charge in [0.05, 0.1) is 25.2 Å². The van der Waals surface area contributed by atoms with Crippen LogP contribution in [0.25, 0.3) is 10.6 Å². The number of amides is 1. The molecule has 1 amide bonds. The number of rotatable bonds is 5. The second-order valence-corrected chi connectivity index (χ2v) is 7.86. The van der Waals surface area contributed by atoms with Crippen molar-refractivity contribution >= 4 is 23.2 Å². The SMILES string of the molecule is COC(=O)c1cnc(C(=O)N2CCN(Cc3csc(-c4ccc(F)cc4)n3)CC2)cn1. The number of aromatic nitrogens is 3. The van der Waals surface area contributed by atoms with E-state index in [2.05, 4.69) is 24.6 Å². The number of benzene rings is 1. The molecular weight excluding hydrogens is 421 g/mol. The second kappa shape index (κ2) is 9.27. The molecule has 1 fully saturated rings. The molecule has 160 valence electrons. The molecule has 3 aromatic rings. The fraction of sp³-hybridized carbons (Fsp3) is 0.286. The highest BCUT2D eigenvalue weighted by Gasteiger charge is 2.24. The zero-order chi connectivity index (χ0) is 21.8. The van der Waals surface area contributed by atoms with Crippen molar-refractivity contribution in [3.05, 3.63) is 64.9 Å². The smallest absolute Gasteiger partial charge is 0.358 e. The zero-order valence-corrected chi connectivity index (χ0v) is 17.6. The number of halogens is 1. The quantitative estimate of drug-likeness (QED) is 0.562. The van der Waals surface area contributed by atoms with Crippen LogP contribution < -0.4 is 0 Å². The molecule has 1 saturated heterocycles. The van der Waals surface area contributed by atoms with Crippen molar-refractivity contribution in [3.63, 3.8) is 0 Å². The summed E-state index contributed by atoms with van der Waals surface area (Å²) in [6.07, 6.45) is 2.55. The van der Waals surface area contributed by atoms with Crippen LogP contribution in [0.15, 0.2) is 42.0 Å². The van der Waals surface area contributed by atoms with Crippen molar-refractivity contribution in [2.75, 3.05) is 33.3 Å². The van der Waals surface area contributed by atoms with Gasteiger partial charge in [0.1, 0.15) is 16.5 Å². The van der Waals surface area contributed by atoms with Crippen LogP contribution in [0, 0.1) is 5.82 Å². The number of piperazine rings is 1. The molecule has 1 aromatic carbocycles. The van der Waals surface area contributed by atoms with E-state index in [0.717, 1.165) is 16.3 Å². The molecule has 4 rings (SSSR count). The minimum Gasteiger partial charge on any atom is -0.464 e. The third-order valence-electron chi connectivity index (χ3n) is 4.95. The lowest BCUT2D eigenvalue weighted by Gasteiger charge is -2.34. The van der Waals surface area contributed by atoms with Gasteiger partial charge in [0.15, 0.2) is 5.69 Å². The number of esters is 1. The largest absolute Gasteiger partial charge is 0.464 e. The van der Waals surface area contributed by atoms with Gasteiger partial charge >= 0.3 is 5.97 Å². The number of hydrogen-bond donors (Lipinski definition) is 0. The lowest BCUT2D eigenvalue weighted by atomic mass is 10.2. The monoisotopic (exact) mass is 441 g/mol. The minimum absolute atomic E-state index is 0.0622. The van der Waals surface area contributed by atoms with Gasteiger partial charge in [-0.15, -0.1) is 11.3 Å². The van der Waals surface area contributed by atoms with Crippen LogP contribution in [-0.4, -0.2) is 69.9 Å². The number of hydrogen-bond acceptors (Lipinski definition) is 8. The summed E-state index contributed by atoms with van der Waals surface area (Å²) in [6.45, 7) is 3.24. The van der Waals surface area contributed by atoms with Crippen molar-refractivity contribution in [2.45, 2.75) is 6.54 Å². The van der Waals surface area contributed by atoms with Crippen LogP contribution >= 0.6 is 11.3 Å². The van der Waals surface area contributed by atoms with E-state index in [4.69, 9.17) is 0 Å². The molecule has 0 radical (unpaired) electrons. The van der Waals surface area contributed by atoms with E-state index in [0.29, 0.717) is 32.7 Å². The highest BCUT2D eigenvalue weighted by Crippen LogP contribution is 2.24. The average molecular weight is 441 g/mol. The van der Waals surface area contributed by atoms with Crippen molar-refractivity contribution in [3.8, 4) is 10.6 Å². The van der Waals surface area contributed by atoms with Crippen LogP contribution in [0.2, 0.25) is 0 Å². The molecule has 31 heavy (non-hydrogen) atoms. The molecule has 8 nitrogen and oxygen atoms in total. The zero-order valence-electron chi connectivity index (χ0n) is 16.8. The number of methoxy groups -OCH3 is 1. The van der Waals surface area contributed by atoms with E-state index in [1.54, 1.807) is 17.0 Å². The maximum atomic E-state index is 13.1. The standard InChI is InChI=1S/C21H20FN5O3S/c1-30-21(29)18-11-23-17(10-24-18)20(28)27-8-6-26(7-9-27)12-16-13-31-19(25-16)14-2-4-15(22)5-3-14/h2-5,10-11,13H,6-9,12H2,1H3. The van der Waals surface area contributed by atoms with E-state index < -0.39 is 5.97 Å². The molecule has 0 N–H and O–H groups in total. The maximum absolute atomic E-state index is 13.1. The van der Waals surface area contributed by atoms with Gasteiger partial charge in [0.25, 0.3) is 5.91 Å². The van der Waals surface area contributed by atoms with E-state index >= 15 is 0 Å². The van der Waals surface area contributed by atoms with Gasteiger partial charge in [-0.2, -0.15) is 0 Å². The van der Waals surface area contributed by atoms with E-state index in [1.165, 1.54) is 43.0 Å². The van der Waals surface area contributed by atoms with Crippen LogP contribution in [-0.2, 0) is 11.3 Å². The van der Waals surface area contributed by atoms with Gasteiger partial charge in [-0.3, -0.25) is 9.69 Å². The number of ether oxygens (including phenoxy) is 1. The molecule has 0 atom stereocenters. The van der Waals surface area contributed by atoms with Gasteiger partial charge in [0, 0.05) is 43.7 Å². The summed E-state index contributed by atoms with van der Waals surface area (Å²) in [4.78, 5) is 40.7. The highest BCUT2D eigenvalue weighted by atomic mass is 32.1. The molecular formula is C21H20FN5O3S. The molecule has 1 aliphatic heterocycles. The first-order valence-corrected chi connectivity index (χ1v) is 10.5. The van der Waals surface area contributed by atoms with Crippen LogP contribution in [0.4, 0.5) is 4.39 Å². The summed E-state index contributed by atoms with van der Waals surface area (Å²) in [5, 5.41) is 2.87. The first kappa shape index (κ1) is 21.0. The van der Waals surface area contributed by atoms with Gasteiger partial charge in [-0.25, -0.2) is 24.1 Å². The van der Waals surface area contributed by atoms with Crippen molar-refractivity contribution in [2.24, 2.45) is 0 Å². The minimum atomic E-state index is -0.593. The molecule has 1 aliphatic rings. The normalized spacial score (nSPS) is 14.5. The second-order valence-electron chi connectivity index (χ2n) is 7.00. The Balaban J connectivity index is 1.31. The number of nitrogens with zero attached hydrogens (tertiary/aromatic N) is 5. The van der Waals surface area contributed by atoms with Gasteiger partial charge < -0.3 is 9.64 Å². The maximum Gasteiger partial charge on any atom is 0.358 e. The van der Waals surface area contributed by atoms with Crippen LogP contribution in [0.5, 0.6) is 0 Å². The summed E-state index contributed by atoms with van der Waals surface area (Å²) in [5.41, 5.74) is 2.11. The summed E-state index contributed by atoms with van der Waals surface area (Å²) in [7, 11) is 1.26. The predicted molar refractivity (Wildman–Crippen MR) is 112 cm³/mol. The fourth-order valence-corrected chi connectivity index (χ4v) is 4.07. The number of thiazole rings is 1. The average Bonchev–Trinajstić information content (AvgIpc) is 3.27. The Kier molecular flexibility index (Phi) is 6.28. The summed E-state index contributed by atoms with van der Waals surface area (Å²) < 4.78 is 17.7. The summed E-state index contributed by atoms with van der Waals surface area (Å²) in [6, 6.07) is 6.31. The van der Waals surface area contributed by atoms with Crippen molar-refractivity contribution < 1.29 is 18.7 Å². The molecule has 0 saturated carbocycles. The molecule has 3 heterocycles. The van der Waals surface area contributed by atoms with E-state index in [1.807, 2.05) is 5.38 Å². The topological polar surface area (TPSA) is 88.5 Å². The molecule has 0 aliphatic carbocycles. The Bertz CT molecular complexity index is 1060. The van der Waals surface area contributed by atoms with Gasteiger partial charge in [0.2, 0.25) is 0 Å². The summed E-state index contributed by atoms with van der Waals surface area (Å²) >= 11 is 1.53. The Morgan fingerprint density at radius 2 is 1.74 bits per heavy atom. The van der Waals surface area contributed by atoms with Crippen molar-refractivity contribution in [1.82, 2.24) is 24.8 Å². The molecule has 0 unspecified atom stereocenters. The lowest BCUT2D eigenvalue weighted by Crippen LogP contribution is -2.48. The van der Waals surface area contributed by atoms with E-state index in [9.17, 15) is 14.0 Å². The molecule has 2 aromatic heterocycles. The number of carbonyl (C=O) groups excluding carboxylic acids is 2. The predicted octanol–water partition coefficient (Wildman–Crippen LogP) is 2.48. The highest BCUT2D eigenvalue weighted by molar-refractivity contribution is 7.13. The van der Waals surface area contributed by atoms with Gasteiger partial charge in [-0.05, 0) is 24.3 Å². The van der Waals surface area contributed by atoms with Crippen molar-refractivity contribution in [1.29, 1.82) is 0 Å². The molecule has 0 bridgehead atoms. The lowest BCUT2D eigenvalue weighted by molar-refractivity contribution is 0.0586. The fourth-order valence-electron chi connectivity index (χ4n) is 3.25. The third kappa shape index (κ3) is 4.92. The Labute approximate surface area is 182 Å². The molecule has 0 spiro atoms. The van der Waals surface area contributed by atoms with Crippen LogP contribution in [0.1, 0.15) is 26.7 Å². The first-order valence-electron chi connectivity index (χ1n) is 9.66. The summed E-state index contributed by atoms with van der Waals surface area (Å²) in [5.74, 6) is -1.07. The third-order valence-corrected chi connectivity index (χ3v) is 5.89. The Morgan fingerprint density at radius 3 is 2.39 bits per heavy atom. The Hall–Kier alpha value is -3.24. The van der Waals surface area contributed by atoms with Gasteiger partial charge in [-0.1, -0.05) is 0 Å².